The molecule has 1 saturated heterocycles. The molecule has 0 radical (unpaired) electrons. The highest BCUT2D eigenvalue weighted by Crippen LogP contribution is 2.30. The molecule has 0 spiro atoms. The highest BCUT2D eigenvalue weighted by atomic mass is 32.2. The van der Waals surface area contributed by atoms with Crippen LogP contribution >= 0.6 is 0 Å². The normalized spacial score (nSPS) is 18.8. The third kappa shape index (κ3) is 4.65. The number of aromatic nitrogens is 1. The predicted octanol–water partition coefficient (Wildman–Crippen LogP) is 3.46. The van der Waals surface area contributed by atoms with Gasteiger partial charge in [-0.15, -0.1) is 0 Å². The van der Waals surface area contributed by atoms with Crippen LogP contribution < -0.4 is 15.5 Å². The first kappa shape index (κ1) is 21.4. The average Bonchev–Trinajstić information content (AvgIpc) is 2.94. The molecule has 0 amide bonds. The number of benzene rings is 2. The van der Waals surface area contributed by atoms with E-state index in [1.165, 1.54) is 5.56 Å². The van der Waals surface area contributed by atoms with Crippen molar-refractivity contribution in [1.82, 2.24) is 10.3 Å². The van der Waals surface area contributed by atoms with Crippen LogP contribution in [0.4, 0.5) is 11.5 Å². The van der Waals surface area contributed by atoms with Crippen LogP contribution in [-0.4, -0.2) is 53.8 Å². The lowest BCUT2D eigenvalue weighted by molar-refractivity contribution is -0.00481. The fourth-order valence-electron chi connectivity index (χ4n) is 4.24. The van der Waals surface area contributed by atoms with Crippen LogP contribution in [0.5, 0.6) is 0 Å². The van der Waals surface area contributed by atoms with Crippen molar-refractivity contribution in [2.45, 2.75) is 30.8 Å². The topological polar surface area (TPSA) is 66.5 Å². The van der Waals surface area contributed by atoms with Crippen LogP contribution in [0.1, 0.15) is 17.5 Å². The van der Waals surface area contributed by atoms with Crippen molar-refractivity contribution >= 4 is 33.2 Å². The first-order chi connectivity index (χ1) is 15.7. The summed E-state index contributed by atoms with van der Waals surface area (Å²) in [5.74, 6) is 1.55. The second kappa shape index (κ2) is 9.57. The number of hydrogen-bond donors (Lipinski definition) is 2. The fraction of sp³-hybridized carbons (Fsp3) is 0.400. The van der Waals surface area contributed by atoms with Gasteiger partial charge < -0.3 is 20.3 Å². The summed E-state index contributed by atoms with van der Waals surface area (Å²) in [4.78, 5) is 8.20. The van der Waals surface area contributed by atoms with Gasteiger partial charge in [0.25, 0.3) is 0 Å². The van der Waals surface area contributed by atoms with Crippen LogP contribution in [0, 0.1) is 6.92 Å². The van der Waals surface area contributed by atoms with Gasteiger partial charge in [-0.25, -0.2) is 4.98 Å². The third-order valence-corrected chi connectivity index (χ3v) is 7.58. The SMILES string of the molecule is Cc1ccc2nc(N3CCS(=O)c4ccccc4C3)cc(NCCCNC3COC3)c2c1. The van der Waals surface area contributed by atoms with E-state index >= 15 is 0 Å². The van der Waals surface area contributed by atoms with Gasteiger partial charge in [-0.1, -0.05) is 29.8 Å². The van der Waals surface area contributed by atoms with Crippen LogP contribution in [0.25, 0.3) is 10.9 Å². The van der Waals surface area contributed by atoms with Crippen molar-refractivity contribution in [3.05, 3.63) is 59.7 Å². The predicted molar refractivity (Wildman–Crippen MR) is 131 cm³/mol. The number of rotatable bonds is 7. The zero-order chi connectivity index (χ0) is 21.9. The summed E-state index contributed by atoms with van der Waals surface area (Å²) in [5, 5.41) is 8.32. The smallest absolute Gasteiger partial charge is 0.131 e. The summed E-state index contributed by atoms with van der Waals surface area (Å²) in [7, 11) is -0.971. The molecule has 2 aliphatic heterocycles. The Bertz CT molecular complexity index is 1130. The summed E-state index contributed by atoms with van der Waals surface area (Å²) >= 11 is 0. The molecule has 1 aromatic heterocycles. The lowest BCUT2D eigenvalue weighted by atomic mass is 10.1. The van der Waals surface area contributed by atoms with Crippen molar-refractivity contribution < 1.29 is 8.95 Å². The Labute approximate surface area is 191 Å². The van der Waals surface area contributed by atoms with Gasteiger partial charge in [0.1, 0.15) is 5.82 Å². The number of fused-ring (bicyclic) bond motifs is 2. The van der Waals surface area contributed by atoms with Gasteiger partial charge in [-0.05, 0) is 43.7 Å². The molecule has 2 aromatic carbocycles. The third-order valence-electron chi connectivity index (χ3n) is 6.14. The molecule has 3 aromatic rings. The molecule has 1 fully saturated rings. The Hall–Kier alpha value is -2.48. The molecule has 3 heterocycles. The summed E-state index contributed by atoms with van der Waals surface area (Å²) in [6.07, 6.45) is 1.04. The second-order valence-corrected chi connectivity index (χ2v) is 10.1. The van der Waals surface area contributed by atoms with E-state index in [2.05, 4.69) is 52.8 Å². The number of pyridine rings is 1. The van der Waals surface area contributed by atoms with E-state index in [-0.39, 0.29) is 0 Å². The summed E-state index contributed by atoms with van der Waals surface area (Å²) in [5.41, 5.74) is 4.44. The molecule has 7 heteroatoms. The van der Waals surface area contributed by atoms with E-state index in [1.54, 1.807) is 0 Å². The Balaban J connectivity index is 1.38. The lowest BCUT2D eigenvalue weighted by Crippen LogP contribution is -2.46. The van der Waals surface area contributed by atoms with Crippen molar-refractivity contribution in [2.75, 3.05) is 48.8 Å². The highest BCUT2D eigenvalue weighted by Gasteiger charge is 2.21. The van der Waals surface area contributed by atoms with E-state index < -0.39 is 10.8 Å². The fourth-order valence-corrected chi connectivity index (χ4v) is 5.51. The van der Waals surface area contributed by atoms with Gasteiger partial charge in [-0.2, -0.15) is 0 Å². The molecule has 0 aliphatic carbocycles. The molecule has 5 rings (SSSR count). The maximum atomic E-state index is 12.7. The lowest BCUT2D eigenvalue weighted by Gasteiger charge is -2.27. The minimum Gasteiger partial charge on any atom is -0.384 e. The molecule has 2 aliphatic rings. The molecule has 6 nitrogen and oxygen atoms in total. The van der Waals surface area contributed by atoms with Gasteiger partial charge in [0, 0.05) is 47.4 Å². The Kier molecular flexibility index (Phi) is 6.39. The van der Waals surface area contributed by atoms with E-state index in [9.17, 15) is 4.21 Å². The number of nitrogens with one attached hydrogen (secondary N) is 2. The molecule has 1 unspecified atom stereocenters. The van der Waals surface area contributed by atoms with Gasteiger partial charge in [-0.3, -0.25) is 4.21 Å². The van der Waals surface area contributed by atoms with Crippen molar-refractivity contribution in [3.63, 3.8) is 0 Å². The van der Waals surface area contributed by atoms with Crippen LogP contribution in [0.15, 0.2) is 53.4 Å². The van der Waals surface area contributed by atoms with Crippen LogP contribution in [-0.2, 0) is 22.1 Å². The van der Waals surface area contributed by atoms with E-state index in [4.69, 9.17) is 9.72 Å². The van der Waals surface area contributed by atoms with Gasteiger partial charge in [0.2, 0.25) is 0 Å². The number of nitrogens with zero attached hydrogens (tertiary/aromatic N) is 2. The molecule has 2 N–H and O–H groups in total. The summed E-state index contributed by atoms with van der Waals surface area (Å²) in [6.45, 7) is 7.08. The monoisotopic (exact) mass is 450 g/mol. The first-order valence-corrected chi connectivity index (χ1v) is 12.7. The molecule has 1 atom stereocenters. The number of hydrogen-bond acceptors (Lipinski definition) is 6. The van der Waals surface area contributed by atoms with E-state index in [0.717, 1.165) is 78.7 Å². The molecule has 168 valence electrons. The molecule has 0 bridgehead atoms. The van der Waals surface area contributed by atoms with E-state index in [1.807, 2.05) is 18.2 Å². The Morgan fingerprint density at radius 1 is 1.16 bits per heavy atom. The standard InChI is InChI=1S/C25H30N4O2S/c1-18-7-8-22-21(13-18)23(27-10-4-9-26-20-16-31-17-20)14-25(28-22)29-11-12-32(30)24-6-3-2-5-19(24)15-29/h2-3,5-8,13-14,20,26H,4,9-12,15-17H2,1H3,(H,27,28). The van der Waals surface area contributed by atoms with Crippen LogP contribution in [0.2, 0.25) is 0 Å². The Morgan fingerprint density at radius 3 is 2.88 bits per heavy atom. The number of ether oxygens (including phenoxy) is 1. The average molecular weight is 451 g/mol. The van der Waals surface area contributed by atoms with Gasteiger partial charge in [0.05, 0.1) is 35.6 Å². The largest absolute Gasteiger partial charge is 0.384 e. The minimum absolute atomic E-state index is 0.516. The van der Waals surface area contributed by atoms with Crippen molar-refractivity contribution in [2.24, 2.45) is 0 Å². The number of anilines is 2. The molecular weight excluding hydrogens is 420 g/mol. The minimum atomic E-state index is -0.971. The zero-order valence-electron chi connectivity index (χ0n) is 18.5. The van der Waals surface area contributed by atoms with E-state index in [0.29, 0.717) is 11.8 Å². The van der Waals surface area contributed by atoms with Gasteiger partial charge >= 0.3 is 0 Å². The van der Waals surface area contributed by atoms with Crippen LogP contribution in [0.3, 0.4) is 0 Å². The Morgan fingerprint density at radius 2 is 2.03 bits per heavy atom. The summed E-state index contributed by atoms with van der Waals surface area (Å²) in [6, 6.07) is 17.1. The van der Waals surface area contributed by atoms with Crippen molar-refractivity contribution in [1.29, 1.82) is 0 Å². The molecule has 32 heavy (non-hydrogen) atoms. The second-order valence-electron chi connectivity index (χ2n) is 8.60. The highest BCUT2D eigenvalue weighted by molar-refractivity contribution is 7.85. The maximum Gasteiger partial charge on any atom is 0.131 e. The summed E-state index contributed by atoms with van der Waals surface area (Å²) < 4.78 is 17.9. The molecule has 0 saturated carbocycles. The molecular formula is C25H30N4O2S. The number of aryl methyl sites for hydroxylation is 1. The first-order valence-electron chi connectivity index (χ1n) is 11.3. The van der Waals surface area contributed by atoms with Crippen molar-refractivity contribution in [3.8, 4) is 0 Å². The zero-order valence-corrected chi connectivity index (χ0v) is 19.3. The maximum absolute atomic E-state index is 12.7. The van der Waals surface area contributed by atoms with Gasteiger partial charge in [0.15, 0.2) is 0 Å². The quantitative estimate of drug-likeness (QED) is 0.538.